The van der Waals surface area contributed by atoms with Crippen LogP contribution in [0.4, 0.5) is 8.78 Å². The third kappa shape index (κ3) is 5.32. The van der Waals surface area contributed by atoms with E-state index in [9.17, 15) is 13.6 Å². The molecule has 1 aromatic carbocycles. The molecule has 1 saturated heterocycles. The first-order chi connectivity index (χ1) is 12.6. The van der Waals surface area contributed by atoms with Crippen molar-refractivity contribution in [2.24, 2.45) is 5.92 Å². The summed E-state index contributed by atoms with van der Waals surface area (Å²) in [4.78, 5) is 18.3. The molecule has 0 saturated carbocycles. The largest absolute Gasteiger partial charge is 0.352 e. The van der Waals surface area contributed by atoms with E-state index in [-0.39, 0.29) is 12.5 Å². The highest BCUT2D eigenvalue weighted by molar-refractivity contribution is 5.75. The van der Waals surface area contributed by atoms with E-state index in [1.807, 2.05) is 0 Å². The number of hydrogen-bond acceptors (Lipinski definition) is 5. The molecule has 0 aliphatic carbocycles. The number of rotatable bonds is 7. The Morgan fingerprint density at radius 1 is 1.35 bits per heavy atom. The Hall–Kier alpha value is -2.35. The molecular formula is C18H22F2N4O2. The SMILES string of the molecule is O=C(CC[C@H]1CCCN(Cc2ncon2)C1)NCc1ccc(F)c(F)c1. The standard InChI is InChI=1S/C18H22F2N4O2/c19-15-5-3-14(8-16(15)20)9-21-18(25)6-4-13-2-1-7-24(10-13)11-17-22-12-26-23-17/h3,5,8,12-13H,1-2,4,6-7,9-11H2,(H,21,25)/t13-/m1/s1. The second kappa shape index (κ2) is 8.84. The number of nitrogens with one attached hydrogen (secondary N) is 1. The molecule has 6 nitrogen and oxygen atoms in total. The summed E-state index contributed by atoms with van der Waals surface area (Å²) in [6, 6.07) is 3.64. The molecule has 1 fully saturated rings. The van der Waals surface area contributed by atoms with E-state index < -0.39 is 11.6 Å². The summed E-state index contributed by atoms with van der Waals surface area (Å²) in [5.74, 6) is -0.743. The van der Waals surface area contributed by atoms with Gasteiger partial charge in [0.05, 0.1) is 6.54 Å². The van der Waals surface area contributed by atoms with E-state index in [1.54, 1.807) is 0 Å². The summed E-state index contributed by atoms with van der Waals surface area (Å²) in [6.07, 6.45) is 4.73. The average Bonchev–Trinajstić information content (AvgIpc) is 3.14. The molecule has 1 amide bonds. The van der Waals surface area contributed by atoms with Crippen molar-refractivity contribution in [2.45, 2.75) is 38.8 Å². The lowest BCUT2D eigenvalue weighted by Crippen LogP contribution is -2.35. The molecular weight excluding hydrogens is 342 g/mol. The summed E-state index contributed by atoms with van der Waals surface area (Å²) in [6.45, 7) is 2.76. The maximum atomic E-state index is 13.2. The van der Waals surface area contributed by atoms with Gasteiger partial charge in [0.15, 0.2) is 17.5 Å². The van der Waals surface area contributed by atoms with E-state index in [0.717, 1.165) is 44.5 Å². The van der Waals surface area contributed by atoms with E-state index >= 15 is 0 Å². The maximum Gasteiger partial charge on any atom is 0.220 e. The third-order valence-electron chi connectivity index (χ3n) is 4.63. The molecule has 1 atom stereocenters. The average molecular weight is 364 g/mol. The van der Waals surface area contributed by atoms with Crippen LogP contribution in [0.5, 0.6) is 0 Å². The maximum absolute atomic E-state index is 13.2. The van der Waals surface area contributed by atoms with E-state index in [1.165, 1.54) is 12.5 Å². The number of piperidine rings is 1. The van der Waals surface area contributed by atoms with Crippen molar-refractivity contribution < 1.29 is 18.1 Å². The molecule has 2 heterocycles. The Kier molecular flexibility index (Phi) is 6.27. The van der Waals surface area contributed by atoms with Gasteiger partial charge in [-0.2, -0.15) is 4.98 Å². The van der Waals surface area contributed by atoms with Gasteiger partial charge in [-0.15, -0.1) is 0 Å². The molecule has 0 bridgehead atoms. The number of carbonyl (C=O) groups is 1. The van der Waals surface area contributed by atoms with Crippen molar-refractivity contribution in [3.05, 3.63) is 47.6 Å². The first kappa shape index (κ1) is 18.4. The van der Waals surface area contributed by atoms with Crippen LogP contribution in [0.3, 0.4) is 0 Å². The van der Waals surface area contributed by atoms with Crippen molar-refractivity contribution in [3.63, 3.8) is 0 Å². The Morgan fingerprint density at radius 2 is 2.23 bits per heavy atom. The quantitative estimate of drug-likeness (QED) is 0.818. The molecule has 1 aliphatic rings. The number of nitrogens with zero attached hydrogens (tertiary/aromatic N) is 3. The summed E-state index contributed by atoms with van der Waals surface area (Å²) in [7, 11) is 0. The highest BCUT2D eigenvalue weighted by Gasteiger charge is 2.21. The van der Waals surface area contributed by atoms with Crippen molar-refractivity contribution >= 4 is 5.91 Å². The molecule has 1 N–H and O–H groups in total. The summed E-state index contributed by atoms with van der Waals surface area (Å²) in [5, 5.41) is 6.59. The van der Waals surface area contributed by atoms with Gasteiger partial charge in [0, 0.05) is 19.5 Å². The van der Waals surface area contributed by atoms with Gasteiger partial charge in [0.1, 0.15) is 0 Å². The Labute approximate surface area is 150 Å². The summed E-state index contributed by atoms with van der Waals surface area (Å²) in [5.41, 5.74) is 0.543. The fourth-order valence-corrected chi connectivity index (χ4v) is 3.27. The van der Waals surface area contributed by atoms with E-state index in [2.05, 4.69) is 20.4 Å². The molecule has 8 heteroatoms. The number of halogens is 2. The highest BCUT2D eigenvalue weighted by atomic mass is 19.2. The number of amides is 1. The van der Waals surface area contributed by atoms with Crippen LogP contribution in [0.2, 0.25) is 0 Å². The molecule has 1 aromatic heterocycles. The second-order valence-corrected chi connectivity index (χ2v) is 6.65. The predicted octanol–water partition coefficient (Wildman–Crippen LogP) is 2.66. The van der Waals surface area contributed by atoms with Crippen molar-refractivity contribution in [1.29, 1.82) is 0 Å². The third-order valence-corrected chi connectivity index (χ3v) is 4.63. The Morgan fingerprint density at radius 3 is 3.00 bits per heavy atom. The summed E-state index contributed by atoms with van der Waals surface area (Å²) >= 11 is 0. The normalized spacial score (nSPS) is 18.0. The van der Waals surface area contributed by atoms with Gasteiger partial charge in [0.25, 0.3) is 0 Å². The van der Waals surface area contributed by atoms with Gasteiger partial charge in [-0.1, -0.05) is 11.2 Å². The molecule has 0 radical (unpaired) electrons. The lowest BCUT2D eigenvalue weighted by atomic mass is 9.93. The Balaban J connectivity index is 1.38. The highest BCUT2D eigenvalue weighted by Crippen LogP contribution is 2.22. The van der Waals surface area contributed by atoms with Crippen LogP contribution in [0.25, 0.3) is 0 Å². The van der Waals surface area contributed by atoms with Gasteiger partial charge in [-0.05, 0) is 49.4 Å². The van der Waals surface area contributed by atoms with Gasteiger partial charge in [-0.3, -0.25) is 9.69 Å². The first-order valence-electron chi connectivity index (χ1n) is 8.78. The molecule has 3 rings (SSSR count). The minimum absolute atomic E-state index is 0.0787. The molecule has 2 aromatic rings. The van der Waals surface area contributed by atoms with Crippen LogP contribution in [-0.4, -0.2) is 34.0 Å². The smallest absolute Gasteiger partial charge is 0.220 e. The van der Waals surface area contributed by atoms with Crippen molar-refractivity contribution in [3.8, 4) is 0 Å². The van der Waals surface area contributed by atoms with Gasteiger partial charge in [-0.25, -0.2) is 8.78 Å². The van der Waals surface area contributed by atoms with Crippen LogP contribution < -0.4 is 5.32 Å². The summed E-state index contributed by atoms with van der Waals surface area (Å²) < 4.78 is 30.8. The zero-order valence-electron chi connectivity index (χ0n) is 14.5. The fourth-order valence-electron chi connectivity index (χ4n) is 3.27. The van der Waals surface area contributed by atoms with Gasteiger partial charge < -0.3 is 9.84 Å². The van der Waals surface area contributed by atoms with E-state index in [4.69, 9.17) is 4.52 Å². The number of benzene rings is 1. The number of likely N-dealkylation sites (tertiary alicyclic amines) is 1. The monoisotopic (exact) mass is 364 g/mol. The van der Waals surface area contributed by atoms with Crippen LogP contribution in [0.1, 0.15) is 37.1 Å². The van der Waals surface area contributed by atoms with Crippen LogP contribution in [-0.2, 0) is 17.9 Å². The zero-order chi connectivity index (χ0) is 18.4. The Bertz CT molecular complexity index is 724. The van der Waals surface area contributed by atoms with Gasteiger partial charge >= 0.3 is 0 Å². The minimum Gasteiger partial charge on any atom is -0.352 e. The number of hydrogen-bond donors (Lipinski definition) is 1. The number of carbonyl (C=O) groups excluding carboxylic acids is 1. The van der Waals surface area contributed by atoms with Crippen molar-refractivity contribution in [1.82, 2.24) is 20.4 Å². The lowest BCUT2D eigenvalue weighted by Gasteiger charge is -2.31. The van der Waals surface area contributed by atoms with Crippen LogP contribution in [0.15, 0.2) is 29.1 Å². The minimum atomic E-state index is -0.902. The topological polar surface area (TPSA) is 71.3 Å². The molecule has 140 valence electrons. The van der Waals surface area contributed by atoms with Crippen LogP contribution >= 0.6 is 0 Å². The molecule has 0 spiro atoms. The number of aromatic nitrogens is 2. The molecule has 0 unspecified atom stereocenters. The molecule has 1 aliphatic heterocycles. The van der Waals surface area contributed by atoms with Crippen LogP contribution in [0, 0.1) is 17.6 Å². The second-order valence-electron chi connectivity index (χ2n) is 6.65. The zero-order valence-corrected chi connectivity index (χ0v) is 14.5. The van der Waals surface area contributed by atoms with Gasteiger partial charge in [0.2, 0.25) is 12.3 Å². The molecule has 26 heavy (non-hydrogen) atoms. The predicted molar refractivity (Wildman–Crippen MR) is 89.7 cm³/mol. The lowest BCUT2D eigenvalue weighted by molar-refractivity contribution is -0.121. The van der Waals surface area contributed by atoms with Crippen molar-refractivity contribution in [2.75, 3.05) is 13.1 Å². The van der Waals surface area contributed by atoms with E-state index in [0.29, 0.717) is 30.3 Å². The first-order valence-corrected chi connectivity index (χ1v) is 8.78. The fraction of sp³-hybridized carbons (Fsp3) is 0.500.